The summed E-state index contributed by atoms with van der Waals surface area (Å²) in [6.07, 6.45) is 4.02. The maximum Gasteiger partial charge on any atom is 0.225 e. The smallest absolute Gasteiger partial charge is 0.225 e. The fourth-order valence-corrected chi connectivity index (χ4v) is 4.34. The van der Waals surface area contributed by atoms with Gasteiger partial charge < -0.3 is 10.1 Å². The maximum absolute atomic E-state index is 12.8. The van der Waals surface area contributed by atoms with Crippen LogP contribution in [0.3, 0.4) is 0 Å². The zero-order chi connectivity index (χ0) is 22.6. The number of hydrogen-bond donors (Lipinski definition) is 1. The van der Waals surface area contributed by atoms with Crippen LogP contribution in [0.4, 0.5) is 0 Å². The molecule has 31 heavy (non-hydrogen) atoms. The Balaban J connectivity index is 1.79. The fourth-order valence-electron chi connectivity index (χ4n) is 4.34. The molecule has 0 saturated carbocycles. The Morgan fingerprint density at radius 1 is 1.23 bits per heavy atom. The minimum absolute atomic E-state index is 0.0712. The lowest BCUT2D eigenvalue weighted by atomic mass is 9.86. The molecule has 1 aliphatic heterocycles. The minimum atomic E-state index is -0.431. The largest absolute Gasteiger partial charge is 0.496 e. The van der Waals surface area contributed by atoms with Gasteiger partial charge in [-0.2, -0.15) is 0 Å². The molecule has 0 bridgehead atoms. The first-order valence-electron chi connectivity index (χ1n) is 11.3. The van der Waals surface area contributed by atoms with E-state index in [9.17, 15) is 4.79 Å². The summed E-state index contributed by atoms with van der Waals surface area (Å²) in [6.45, 7) is 13.1. The highest BCUT2D eigenvalue weighted by Gasteiger charge is 2.33. The molecular weight excluding hydrogens is 386 g/mol. The number of rotatable bonds is 6. The van der Waals surface area contributed by atoms with Gasteiger partial charge in [-0.3, -0.25) is 14.7 Å². The van der Waals surface area contributed by atoms with Crippen molar-refractivity contribution in [2.45, 2.75) is 60.0 Å². The Hall–Kier alpha value is -2.40. The molecule has 0 spiro atoms. The van der Waals surface area contributed by atoms with E-state index < -0.39 is 5.41 Å². The molecule has 1 amide bonds. The number of benzene rings is 1. The topological polar surface area (TPSA) is 54.5 Å². The highest BCUT2D eigenvalue weighted by Crippen LogP contribution is 2.32. The van der Waals surface area contributed by atoms with Crippen molar-refractivity contribution in [2.75, 3.05) is 20.2 Å². The third-order valence-corrected chi connectivity index (χ3v) is 6.45. The molecule has 3 rings (SSSR count). The van der Waals surface area contributed by atoms with Crippen LogP contribution in [0.1, 0.15) is 62.0 Å². The minimum Gasteiger partial charge on any atom is -0.496 e. The fraction of sp³-hybridized carbons (Fsp3) is 0.538. The van der Waals surface area contributed by atoms with Crippen LogP contribution in [0, 0.1) is 25.2 Å². The van der Waals surface area contributed by atoms with E-state index in [0.29, 0.717) is 5.92 Å². The second-order valence-corrected chi connectivity index (χ2v) is 9.77. The summed E-state index contributed by atoms with van der Waals surface area (Å²) in [7, 11) is 1.72. The van der Waals surface area contributed by atoms with Crippen LogP contribution in [0.2, 0.25) is 0 Å². The third-order valence-electron chi connectivity index (χ3n) is 6.45. The van der Waals surface area contributed by atoms with E-state index in [1.165, 1.54) is 16.7 Å². The van der Waals surface area contributed by atoms with Crippen LogP contribution < -0.4 is 10.1 Å². The number of hydrogen-bond acceptors (Lipinski definition) is 4. The molecule has 5 nitrogen and oxygen atoms in total. The molecule has 1 fully saturated rings. The summed E-state index contributed by atoms with van der Waals surface area (Å²) in [4.78, 5) is 20.0. The first-order chi connectivity index (χ1) is 14.7. The molecule has 5 heteroatoms. The number of aromatic nitrogens is 1. The summed E-state index contributed by atoms with van der Waals surface area (Å²) in [6, 6.07) is 10.1. The quantitative estimate of drug-likeness (QED) is 0.724. The predicted molar refractivity (Wildman–Crippen MR) is 125 cm³/mol. The van der Waals surface area contributed by atoms with Crippen molar-refractivity contribution in [3.63, 3.8) is 0 Å². The van der Waals surface area contributed by atoms with E-state index in [-0.39, 0.29) is 11.9 Å². The molecule has 168 valence electrons. The van der Waals surface area contributed by atoms with Gasteiger partial charge >= 0.3 is 0 Å². The molecule has 0 aliphatic carbocycles. The number of pyridine rings is 1. The number of methoxy groups -OCH3 is 1. The lowest BCUT2D eigenvalue weighted by molar-refractivity contribution is -0.130. The van der Waals surface area contributed by atoms with E-state index in [2.05, 4.69) is 41.2 Å². The normalized spacial score (nSPS) is 18.5. The molecule has 1 aliphatic rings. The monoisotopic (exact) mass is 423 g/mol. The van der Waals surface area contributed by atoms with Crippen molar-refractivity contribution in [1.29, 1.82) is 0 Å². The van der Waals surface area contributed by atoms with E-state index in [0.717, 1.165) is 43.9 Å². The molecule has 2 atom stereocenters. The van der Waals surface area contributed by atoms with Gasteiger partial charge in [0.2, 0.25) is 5.91 Å². The number of nitrogens with one attached hydrogen (secondary N) is 1. The van der Waals surface area contributed by atoms with Gasteiger partial charge in [-0.15, -0.1) is 0 Å². The molecule has 1 N–H and O–H groups in total. The van der Waals surface area contributed by atoms with Gasteiger partial charge in [0.1, 0.15) is 5.75 Å². The Bertz CT molecular complexity index is 890. The average molecular weight is 424 g/mol. The molecule has 0 radical (unpaired) electrons. The Labute approximate surface area is 187 Å². The summed E-state index contributed by atoms with van der Waals surface area (Å²) >= 11 is 0. The van der Waals surface area contributed by atoms with Crippen LogP contribution in [0.25, 0.3) is 0 Å². The van der Waals surface area contributed by atoms with Crippen LogP contribution in [-0.4, -0.2) is 36.0 Å². The van der Waals surface area contributed by atoms with Gasteiger partial charge in [-0.1, -0.05) is 32.9 Å². The molecule has 2 aromatic rings. The summed E-state index contributed by atoms with van der Waals surface area (Å²) in [5, 5.41) is 3.32. The van der Waals surface area contributed by atoms with Gasteiger partial charge in [0.25, 0.3) is 0 Å². The predicted octanol–water partition coefficient (Wildman–Crippen LogP) is 4.82. The summed E-state index contributed by atoms with van der Waals surface area (Å²) in [5.41, 5.74) is 4.36. The second-order valence-electron chi connectivity index (χ2n) is 9.77. The van der Waals surface area contributed by atoms with Gasteiger partial charge in [-0.05, 0) is 74.0 Å². The van der Waals surface area contributed by atoms with Crippen LogP contribution in [0.5, 0.6) is 5.75 Å². The van der Waals surface area contributed by atoms with E-state index in [4.69, 9.17) is 4.74 Å². The standard InChI is InChI=1S/C26H37N3O2/c1-18-19(2)23(31-6)13-12-20(18)16-29-15-9-10-21(17-29)24(22-11-7-8-14-27-22)28-25(30)26(3,4)5/h7-8,11-14,21,24H,9-10,15-17H2,1-6H3,(H,28,30)/t21-,24-/m1/s1. The van der Waals surface area contributed by atoms with Crippen molar-refractivity contribution in [2.24, 2.45) is 11.3 Å². The SMILES string of the molecule is COc1ccc(CN2CCC[C@@H]([C@@H](NC(=O)C(C)(C)C)c3ccccn3)C2)c(C)c1C. The molecular formula is C26H37N3O2. The van der Waals surface area contributed by atoms with Crippen molar-refractivity contribution < 1.29 is 9.53 Å². The van der Waals surface area contributed by atoms with Crippen LogP contribution in [0.15, 0.2) is 36.5 Å². The number of likely N-dealkylation sites (tertiary alicyclic amines) is 1. The van der Waals surface area contributed by atoms with Crippen molar-refractivity contribution >= 4 is 5.91 Å². The first kappa shape index (κ1) is 23.3. The van der Waals surface area contributed by atoms with Crippen molar-refractivity contribution in [3.05, 3.63) is 58.9 Å². The Morgan fingerprint density at radius 2 is 2.00 bits per heavy atom. The third kappa shape index (κ3) is 5.65. The second kappa shape index (κ2) is 9.82. The number of nitrogens with zero attached hydrogens (tertiary/aromatic N) is 2. The van der Waals surface area contributed by atoms with E-state index >= 15 is 0 Å². The molecule has 1 aromatic carbocycles. The lowest BCUT2D eigenvalue weighted by Gasteiger charge is -2.38. The number of piperidine rings is 1. The number of carbonyl (C=O) groups is 1. The van der Waals surface area contributed by atoms with E-state index in [1.807, 2.05) is 45.2 Å². The first-order valence-corrected chi connectivity index (χ1v) is 11.3. The van der Waals surface area contributed by atoms with Gasteiger partial charge in [0.05, 0.1) is 18.8 Å². The van der Waals surface area contributed by atoms with Gasteiger partial charge in [0, 0.05) is 24.7 Å². The average Bonchev–Trinajstić information content (AvgIpc) is 2.75. The molecule has 2 heterocycles. The van der Waals surface area contributed by atoms with E-state index in [1.54, 1.807) is 7.11 Å². The maximum atomic E-state index is 12.8. The number of ether oxygens (including phenoxy) is 1. The van der Waals surface area contributed by atoms with Gasteiger partial charge in [-0.25, -0.2) is 0 Å². The highest BCUT2D eigenvalue weighted by molar-refractivity contribution is 5.81. The van der Waals surface area contributed by atoms with Gasteiger partial charge in [0.15, 0.2) is 0 Å². The highest BCUT2D eigenvalue weighted by atomic mass is 16.5. The van der Waals surface area contributed by atoms with Crippen molar-refractivity contribution in [1.82, 2.24) is 15.2 Å². The lowest BCUT2D eigenvalue weighted by Crippen LogP contribution is -2.45. The van der Waals surface area contributed by atoms with Crippen LogP contribution >= 0.6 is 0 Å². The molecule has 0 unspecified atom stereocenters. The summed E-state index contributed by atoms with van der Waals surface area (Å²) in [5.74, 6) is 1.34. The molecule has 1 saturated heterocycles. The number of amides is 1. The summed E-state index contributed by atoms with van der Waals surface area (Å²) < 4.78 is 5.47. The van der Waals surface area contributed by atoms with Crippen molar-refractivity contribution in [3.8, 4) is 5.75 Å². The zero-order valence-corrected chi connectivity index (χ0v) is 19.9. The molecule has 1 aromatic heterocycles. The Kier molecular flexibility index (Phi) is 7.37. The zero-order valence-electron chi connectivity index (χ0n) is 19.9. The van der Waals surface area contributed by atoms with Crippen LogP contribution in [-0.2, 0) is 11.3 Å². The number of carbonyl (C=O) groups excluding carboxylic acids is 1. The Morgan fingerprint density at radius 3 is 2.65 bits per heavy atom.